The van der Waals surface area contributed by atoms with Gasteiger partial charge in [-0.25, -0.2) is 0 Å². The molecule has 0 bridgehead atoms. The monoisotopic (exact) mass is 272 g/mol. The number of hydrogen-bond donors (Lipinski definition) is 1. The first-order valence-corrected chi connectivity index (χ1v) is 7.16. The van der Waals surface area contributed by atoms with Crippen molar-refractivity contribution < 1.29 is 5.11 Å². The van der Waals surface area contributed by atoms with Gasteiger partial charge in [0.25, 0.3) is 0 Å². The first-order chi connectivity index (χ1) is 8.49. The van der Waals surface area contributed by atoms with Gasteiger partial charge in [-0.1, -0.05) is 38.3 Å². The van der Waals surface area contributed by atoms with Gasteiger partial charge in [-0.15, -0.1) is 0 Å². The summed E-state index contributed by atoms with van der Waals surface area (Å²) in [6.45, 7) is 6.45. The average molecular weight is 273 g/mol. The SMILES string of the molecule is CCCCC(CC)(CO)Cc1c(Cl)c(C)nn1C. The molecule has 0 aromatic carbocycles. The Morgan fingerprint density at radius 1 is 1.39 bits per heavy atom. The Kier molecular flexibility index (Phi) is 5.67. The summed E-state index contributed by atoms with van der Waals surface area (Å²) in [6.07, 6.45) is 5.10. The minimum absolute atomic E-state index is 0.0557. The molecule has 104 valence electrons. The maximum absolute atomic E-state index is 9.78. The van der Waals surface area contributed by atoms with Crippen molar-refractivity contribution in [3.63, 3.8) is 0 Å². The maximum Gasteiger partial charge on any atom is 0.0847 e. The predicted octanol–water partition coefficient (Wildman–Crippen LogP) is 3.50. The van der Waals surface area contributed by atoms with Crippen LogP contribution in [-0.4, -0.2) is 21.5 Å². The van der Waals surface area contributed by atoms with Crippen LogP contribution in [0.25, 0.3) is 0 Å². The Morgan fingerprint density at radius 3 is 2.44 bits per heavy atom. The summed E-state index contributed by atoms with van der Waals surface area (Å²) in [7, 11) is 1.92. The lowest BCUT2D eigenvalue weighted by Crippen LogP contribution is -2.28. The molecule has 0 aliphatic heterocycles. The van der Waals surface area contributed by atoms with Crippen LogP contribution in [0.15, 0.2) is 0 Å². The zero-order valence-corrected chi connectivity index (χ0v) is 12.7. The minimum Gasteiger partial charge on any atom is -0.396 e. The highest BCUT2D eigenvalue weighted by molar-refractivity contribution is 6.31. The number of rotatable bonds is 7. The largest absolute Gasteiger partial charge is 0.396 e. The van der Waals surface area contributed by atoms with Crippen molar-refractivity contribution >= 4 is 11.6 Å². The second-order valence-electron chi connectivity index (χ2n) is 5.26. The van der Waals surface area contributed by atoms with Crippen molar-refractivity contribution in [1.82, 2.24) is 9.78 Å². The third-order valence-corrected chi connectivity index (χ3v) is 4.44. The molecule has 1 rings (SSSR count). The van der Waals surface area contributed by atoms with Gasteiger partial charge in [0.1, 0.15) is 0 Å². The molecule has 1 N–H and O–H groups in total. The maximum atomic E-state index is 9.78. The fraction of sp³-hybridized carbons (Fsp3) is 0.786. The van der Waals surface area contributed by atoms with E-state index in [1.807, 2.05) is 18.7 Å². The molecule has 0 spiro atoms. The van der Waals surface area contributed by atoms with Crippen LogP contribution in [-0.2, 0) is 13.5 Å². The Balaban J connectivity index is 2.95. The molecule has 18 heavy (non-hydrogen) atoms. The standard InChI is InChI=1S/C14H25ClN2O/c1-5-7-8-14(6-2,10-18)9-12-13(15)11(3)16-17(12)4/h18H,5-10H2,1-4H3. The van der Waals surface area contributed by atoms with E-state index < -0.39 is 0 Å². The topological polar surface area (TPSA) is 38.1 Å². The summed E-state index contributed by atoms with van der Waals surface area (Å²) in [4.78, 5) is 0. The molecular weight excluding hydrogens is 248 g/mol. The summed E-state index contributed by atoms with van der Waals surface area (Å²) in [5.74, 6) is 0. The number of unbranched alkanes of at least 4 members (excludes halogenated alkanes) is 1. The van der Waals surface area contributed by atoms with E-state index in [1.165, 1.54) is 0 Å². The van der Waals surface area contributed by atoms with E-state index >= 15 is 0 Å². The fourth-order valence-electron chi connectivity index (χ4n) is 2.42. The number of halogens is 1. The van der Waals surface area contributed by atoms with Gasteiger partial charge >= 0.3 is 0 Å². The molecule has 0 saturated heterocycles. The first kappa shape index (κ1) is 15.5. The van der Waals surface area contributed by atoms with E-state index in [4.69, 9.17) is 11.6 Å². The van der Waals surface area contributed by atoms with Crippen molar-refractivity contribution in [2.24, 2.45) is 12.5 Å². The smallest absolute Gasteiger partial charge is 0.0847 e. The van der Waals surface area contributed by atoms with Crippen LogP contribution in [0.5, 0.6) is 0 Å². The Labute approximate surface area is 115 Å². The van der Waals surface area contributed by atoms with Crippen molar-refractivity contribution in [2.75, 3.05) is 6.61 Å². The third-order valence-electron chi connectivity index (χ3n) is 3.95. The summed E-state index contributed by atoms with van der Waals surface area (Å²) in [5.41, 5.74) is 1.86. The Hall–Kier alpha value is -0.540. The zero-order valence-electron chi connectivity index (χ0n) is 12.0. The Bertz CT molecular complexity index is 383. The number of hydrogen-bond acceptors (Lipinski definition) is 2. The molecule has 0 aliphatic rings. The second-order valence-corrected chi connectivity index (χ2v) is 5.64. The summed E-state index contributed by atoms with van der Waals surface area (Å²) in [6, 6.07) is 0. The molecule has 0 fully saturated rings. The average Bonchev–Trinajstić information content (AvgIpc) is 2.61. The zero-order chi connectivity index (χ0) is 13.8. The molecule has 1 unspecified atom stereocenters. The minimum atomic E-state index is -0.0557. The van der Waals surface area contributed by atoms with E-state index in [9.17, 15) is 5.11 Å². The molecule has 0 saturated carbocycles. The van der Waals surface area contributed by atoms with Gasteiger partial charge in [0.15, 0.2) is 0 Å². The van der Waals surface area contributed by atoms with E-state index in [0.717, 1.165) is 48.5 Å². The second kappa shape index (κ2) is 6.58. The summed E-state index contributed by atoms with van der Waals surface area (Å²) >= 11 is 6.30. The van der Waals surface area contributed by atoms with Crippen LogP contribution in [0, 0.1) is 12.3 Å². The lowest BCUT2D eigenvalue weighted by atomic mass is 9.77. The molecule has 4 heteroatoms. The quantitative estimate of drug-likeness (QED) is 0.825. The lowest BCUT2D eigenvalue weighted by Gasteiger charge is -2.31. The van der Waals surface area contributed by atoms with E-state index in [0.29, 0.717) is 0 Å². The number of aliphatic hydroxyl groups excluding tert-OH is 1. The van der Waals surface area contributed by atoms with Crippen LogP contribution < -0.4 is 0 Å². The molecule has 1 heterocycles. The molecule has 0 amide bonds. The third kappa shape index (κ3) is 3.27. The van der Waals surface area contributed by atoms with Gasteiger partial charge < -0.3 is 5.11 Å². The summed E-state index contributed by atoms with van der Waals surface area (Å²) < 4.78 is 1.85. The van der Waals surface area contributed by atoms with E-state index in [-0.39, 0.29) is 12.0 Å². The molecule has 1 aromatic rings. The summed E-state index contributed by atoms with van der Waals surface area (Å²) in [5, 5.41) is 14.9. The van der Waals surface area contributed by atoms with E-state index in [1.54, 1.807) is 0 Å². The van der Waals surface area contributed by atoms with Crippen LogP contribution in [0.2, 0.25) is 5.02 Å². The lowest BCUT2D eigenvalue weighted by molar-refractivity contribution is 0.105. The van der Waals surface area contributed by atoms with Crippen molar-refractivity contribution in [1.29, 1.82) is 0 Å². The van der Waals surface area contributed by atoms with Crippen molar-refractivity contribution in [3.05, 3.63) is 16.4 Å². The van der Waals surface area contributed by atoms with Crippen molar-refractivity contribution in [2.45, 2.75) is 52.9 Å². The number of aryl methyl sites for hydroxylation is 2. The first-order valence-electron chi connectivity index (χ1n) is 6.78. The van der Waals surface area contributed by atoms with Gasteiger partial charge in [-0.2, -0.15) is 5.10 Å². The molecular formula is C14H25ClN2O. The highest BCUT2D eigenvalue weighted by atomic mass is 35.5. The van der Waals surface area contributed by atoms with Crippen LogP contribution in [0.4, 0.5) is 0 Å². The molecule has 1 atom stereocenters. The molecule has 1 aromatic heterocycles. The van der Waals surface area contributed by atoms with Crippen LogP contribution in [0.3, 0.4) is 0 Å². The Morgan fingerprint density at radius 2 is 2.06 bits per heavy atom. The van der Waals surface area contributed by atoms with Gasteiger partial charge in [0, 0.05) is 13.7 Å². The highest BCUT2D eigenvalue weighted by Gasteiger charge is 2.30. The number of aromatic nitrogens is 2. The van der Waals surface area contributed by atoms with Gasteiger partial charge in [0.05, 0.1) is 16.4 Å². The predicted molar refractivity (Wildman–Crippen MR) is 76.0 cm³/mol. The van der Waals surface area contributed by atoms with E-state index in [2.05, 4.69) is 18.9 Å². The van der Waals surface area contributed by atoms with Crippen molar-refractivity contribution in [3.8, 4) is 0 Å². The molecule has 3 nitrogen and oxygen atoms in total. The number of nitrogens with zero attached hydrogens (tertiary/aromatic N) is 2. The van der Waals surface area contributed by atoms with Gasteiger partial charge in [-0.05, 0) is 31.6 Å². The highest BCUT2D eigenvalue weighted by Crippen LogP contribution is 2.35. The molecule has 0 aliphatic carbocycles. The van der Waals surface area contributed by atoms with Gasteiger partial charge in [0.2, 0.25) is 0 Å². The molecule has 0 radical (unpaired) electrons. The van der Waals surface area contributed by atoms with Crippen LogP contribution >= 0.6 is 11.6 Å². The normalized spacial score (nSPS) is 14.8. The van der Waals surface area contributed by atoms with Crippen LogP contribution in [0.1, 0.15) is 50.9 Å². The number of aliphatic hydroxyl groups is 1. The fourth-order valence-corrected chi connectivity index (χ4v) is 2.64. The van der Waals surface area contributed by atoms with Gasteiger partial charge in [-0.3, -0.25) is 4.68 Å².